The van der Waals surface area contributed by atoms with Crippen molar-refractivity contribution in [2.45, 2.75) is 20.3 Å². The zero-order chi connectivity index (χ0) is 12.7. The molecule has 0 saturated heterocycles. The molecule has 0 saturated carbocycles. The Bertz CT molecular complexity index is 354. The standard InChI is InChI=1S/C12H19BrN2OS/c1-3-8-15(4-2)9-7-14-12(16)10-5-6-11(13)17-10/h5-6H,3-4,7-9H2,1-2H3,(H,14,16). The van der Waals surface area contributed by atoms with Gasteiger partial charge >= 0.3 is 0 Å². The van der Waals surface area contributed by atoms with Gasteiger partial charge in [0.25, 0.3) is 5.91 Å². The second kappa shape index (κ2) is 7.84. The predicted octanol–water partition coefficient (Wildman–Crippen LogP) is 2.97. The fourth-order valence-corrected chi connectivity index (χ4v) is 2.90. The Morgan fingerprint density at radius 2 is 2.18 bits per heavy atom. The van der Waals surface area contributed by atoms with Crippen LogP contribution in [0.3, 0.4) is 0 Å². The van der Waals surface area contributed by atoms with Gasteiger partial charge in [0.15, 0.2) is 0 Å². The highest BCUT2D eigenvalue weighted by molar-refractivity contribution is 9.11. The van der Waals surface area contributed by atoms with Crippen molar-refractivity contribution in [3.05, 3.63) is 20.8 Å². The number of carbonyl (C=O) groups excluding carboxylic acids is 1. The van der Waals surface area contributed by atoms with Gasteiger partial charge in [0.2, 0.25) is 0 Å². The monoisotopic (exact) mass is 318 g/mol. The molecule has 3 nitrogen and oxygen atoms in total. The molecule has 1 N–H and O–H groups in total. The summed E-state index contributed by atoms with van der Waals surface area (Å²) < 4.78 is 0.990. The Morgan fingerprint density at radius 3 is 2.71 bits per heavy atom. The van der Waals surface area contributed by atoms with Crippen molar-refractivity contribution >= 4 is 33.2 Å². The van der Waals surface area contributed by atoms with Gasteiger partial charge in [0.05, 0.1) is 8.66 Å². The van der Waals surface area contributed by atoms with E-state index in [2.05, 4.69) is 40.0 Å². The van der Waals surface area contributed by atoms with E-state index in [1.807, 2.05) is 12.1 Å². The van der Waals surface area contributed by atoms with Gasteiger partial charge in [-0.3, -0.25) is 4.79 Å². The van der Waals surface area contributed by atoms with E-state index in [1.165, 1.54) is 11.3 Å². The van der Waals surface area contributed by atoms with Crippen LogP contribution in [0, 0.1) is 0 Å². The summed E-state index contributed by atoms with van der Waals surface area (Å²) in [6, 6.07) is 3.74. The SMILES string of the molecule is CCCN(CC)CCNC(=O)c1ccc(Br)s1. The van der Waals surface area contributed by atoms with Crippen molar-refractivity contribution < 1.29 is 4.79 Å². The highest BCUT2D eigenvalue weighted by Gasteiger charge is 2.08. The Morgan fingerprint density at radius 1 is 1.41 bits per heavy atom. The van der Waals surface area contributed by atoms with Crippen LogP contribution in [-0.2, 0) is 0 Å². The quantitative estimate of drug-likeness (QED) is 0.838. The van der Waals surface area contributed by atoms with Gasteiger partial charge < -0.3 is 10.2 Å². The number of hydrogen-bond donors (Lipinski definition) is 1. The number of rotatable bonds is 7. The molecule has 0 fully saturated rings. The van der Waals surface area contributed by atoms with Crippen molar-refractivity contribution in [3.8, 4) is 0 Å². The zero-order valence-corrected chi connectivity index (χ0v) is 12.7. The first kappa shape index (κ1) is 14.7. The van der Waals surface area contributed by atoms with E-state index in [0.717, 1.165) is 34.7 Å². The van der Waals surface area contributed by atoms with E-state index >= 15 is 0 Å². The van der Waals surface area contributed by atoms with Gasteiger partial charge in [-0.25, -0.2) is 0 Å². The molecule has 0 unspecified atom stereocenters. The molecule has 96 valence electrons. The van der Waals surface area contributed by atoms with Gasteiger partial charge in [0.1, 0.15) is 0 Å². The molecule has 0 bridgehead atoms. The number of likely N-dealkylation sites (N-methyl/N-ethyl adjacent to an activating group) is 1. The van der Waals surface area contributed by atoms with E-state index in [4.69, 9.17) is 0 Å². The first-order chi connectivity index (χ1) is 8.17. The average Bonchev–Trinajstić information content (AvgIpc) is 2.74. The maximum absolute atomic E-state index is 11.7. The van der Waals surface area contributed by atoms with Crippen LogP contribution in [-0.4, -0.2) is 37.0 Å². The van der Waals surface area contributed by atoms with E-state index in [9.17, 15) is 4.79 Å². The Hall–Kier alpha value is -0.390. The van der Waals surface area contributed by atoms with Gasteiger partial charge in [0, 0.05) is 13.1 Å². The van der Waals surface area contributed by atoms with Crippen LogP contribution in [0.25, 0.3) is 0 Å². The second-order valence-corrected chi connectivity index (χ2v) is 6.26. The minimum absolute atomic E-state index is 0.0215. The smallest absolute Gasteiger partial charge is 0.261 e. The summed E-state index contributed by atoms with van der Waals surface area (Å²) in [4.78, 5) is 14.8. The summed E-state index contributed by atoms with van der Waals surface area (Å²) in [5.41, 5.74) is 0. The Labute approximate surface area is 115 Å². The zero-order valence-electron chi connectivity index (χ0n) is 10.3. The molecular weight excluding hydrogens is 300 g/mol. The van der Waals surface area contributed by atoms with Gasteiger partial charge in [-0.15, -0.1) is 11.3 Å². The third-order valence-electron chi connectivity index (χ3n) is 2.50. The Balaban J connectivity index is 2.28. The van der Waals surface area contributed by atoms with Crippen LogP contribution < -0.4 is 5.32 Å². The predicted molar refractivity (Wildman–Crippen MR) is 76.8 cm³/mol. The fourth-order valence-electron chi connectivity index (χ4n) is 1.60. The highest BCUT2D eigenvalue weighted by atomic mass is 79.9. The van der Waals surface area contributed by atoms with Crippen LogP contribution in [0.15, 0.2) is 15.9 Å². The van der Waals surface area contributed by atoms with Crippen molar-refractivity contribution in [2.24, 2.45) is 0 Å². The maximum atomic E-state index is 11.7. The molecule has 0 atom stereocenters. The molecule has 1 heterocycles. The molecular formula is C12H19BrN2OS. The molecule has 1 aromatic rings. The highest BCUT2D eigenvalue weighted by Crippen LogP contribution is 2.21. The summed E-state index contributed by atoms with van der Waals surface area (Å²) in [7, 11) is 0. The number of amides is 1. The summed E-state index contributed by atoms with van der Waals surface area (Å²) in [5, 5.41) is 2.94. The van der Waals surface area contributed by atoms with Gasteiger partial charge in [-0.1, -0.05) is 13.8 Å². The van der Waals surface area contributed by atoms with E-state index in [1.54, 1.807) is 0 Å². The lowest BCUT2D eigenvalue weighted by atomic mass is 10.4. The summed E-state index contributed by atoms with van der Waals surface area (Å²) in [6.45, 7) is 8.08. The molecule has 0 aliphatic rings. The first-order valence-corrected chi connectivity index (χ1v) is 7.54. The summed E-state index contributed by atoms with van der Waals surface area (Å²) >= 11 is 4.82. The number of hydrogen-bond acceptors (Lipinski definition) is 3. The molecule has 1 amide bonds. The number of nitrogens with zero attached hydrogens (tertiary/aromatic N) is 1. The minimum atomic E-state index is 0.0215. The van der Waals surface area contributed by atoms with Crippen LogP contribution in [0.5, 0.6) is 0 Å². The number of carbonyl (C=O) groups is 1. The molecule has 0 aliphatic carbocycles. The first-order valence-electron chi connectivity index (χ1n) is 5.93. The summed E-state index contributed by atoms with van der Waals surface area (Å²) in [5.74, 6) is 0.0215. The van der Waals surface area contributed by atoms with Gasteiger partial charge in [-0.2, -0.15) is 0 Å². The number of halogens is 1. The second-order valence-electron chi connectivity index (χ2n) is 3.79. The van der Waals surface area contributed by atoms with E-state index < -0.39 is 0 Å². The normalized spacial score (nSPS) is 10.8. The molecule has 0 aliphatic heterocycles. The van der Waals surface area contributed by atoms with Crippen LogP contribution in [0.1, 0.15) is 29.9 Å². The maximum Gasteiger partial charge on any atom is 0.261 e. The fraction of sp³-hybridized carbons (Fsp3) is 0.583. The molecule has 0 spiro atoms. The molecule has 1 aromatic heterocycles. The van der Waals surface area contributed by atoms with Crippen molar-refractivity contribution in [2.75, 3.05) is 26.2 Å². The lowest BCUT2D eigenvalue weighted by Crippen LogP contribution is -2.35. The lowest BCUT2D eigenvalue weighted by molar-refractivity contribution is 0.0952. The largest absolute Gasteiger partial charge is 0.350 e. The molecule has 17 heavy (non-hydrogen) atoms. The molecule has 5 heteroatoms. The topological polar surface area (TPSA) is 32.3 Å². The van der Waals surface area contributed by atoms with Crippen molar-refractivity contribution in [1.82, 2.24) is 10.2 Å². The van der Waals surface area contributed by atoms with Crippen molar-refractivity contribution in [3.63, 3.8) is 0 Å². The van der Waals surface area contributed by atoms with Gasteiger partial charge in [-0.05, 0) is 47.6 Å². The average molecular weight is 319 g/mol. The Kier molecular flexibility index (Phi) is 6.77. The van der Waals surface area contributed by atoms with Crippen molar-refractivity contribution in [1.29, 1.82) is 0 Å². The van der Waals surface area contributed by atoms with E-state index in [-0.39, 0.29) is 5.91 Å². The number of thiophene rings is 1. The molecule has 0 radical (unpaired) electrons. The third kappa shape index (κ3) is 5.19. The lowest BCUT2D eigenvalue weighted by Gasteiger charge is -2.19. The molecule has 0 aromatic carbocycles. The summed E-state index contributed by atoms with van der Waals surface area (Å²) in [6.07, 6.45) is 1.15. The minimum Gasteiger partial charge on any atom is -0.350 e. The van der Waals surface area contributed by atoms with Crippen LogP contribution in [0.4, 0.5) is 0 Å². The van der Waals surface area contributed by atoms with Crippen LogP contribution >= 0.6 is 27.3 Å². The van der Waals surface area contributed by atoms with Crippen LogP contribution in [0.2, 0.25) is 0 Å². The molecule has 1 rings (SSSR count). The third-order valence-corrected chi connectivity index (χ3v) is 4.12. The number of nitrogens with one attached hydrogen (secondary N) is 1. The van der Waals surface area contributed by atoms with E-state index in [0.29, 0.717) is 6.54 Å².